The zero-order chi connectivity index (χ0) is 50.6. The smallest absolute Gasteiger partial charge is 0.381 e. The standard InChI is InChI=1S/C25H38O21Si20/c1-21(26)46-25-18-10-8-14-23(25)16-12-20-65(3,4)66(5,6)64(44)63(43)62(42)61(41)60(40)59(39)58(38)57(37)56(36)55(35)54(34)53(33)52(32)51(31)50(30)49(29)48(28)47(27)19-11-15-22-13-7-9-17-24(22)45-2/h7-10,13-14,17-18H,11-12,15-16,19-20H2,1-6H3. The Morgan fingerprint density at radius 3 is 1.15 bits per heavy atom. The summed E-state index contributed by atoms with van der Waals surface area (Å²) >= 11 is 0. The molecule has 0 heterocycles. The summed E-state index contributed by atoms with van der Waals surface area (Å²) < 4.78 is 244. The van der Waals surface area contributed by atoms with E-state index in [2.05, 4.69) is 0 Å². The molecule has 0 aromatic heterocycles. The van der Waals surface area contributed by atoms with Crippen LogP contribution in [0.1, 0.15) is 30.9 Å². The van der Waals surface area contributed by atoms with Crippen LogP contribution in [0.25, 0.3) is 0 Å². The van der Waals surface area contributed by atoms with Crippen LogP contribution in [0.3, 0.4) is 0 Å². The lowest BCUT2D eigenvalue weighted by atomic mass is 10.1. The van der Waals surface area contributed by atoms with Crippen LogP contribution in [-0.2, 0) is 98.0 Å². The molecule has 0 radical (unpaired) electrons. The minimum atomic E-state index is -4.43. The number of carbonyl (C=O) groups excluding carboxylic acids is 1. The van der Waals surface area contributed by atoms with Crippen LogP contribution in [0.2, 0.25) is 38.3 Å². The first-order valence-corrected chi connectivity index (χ1v) is 70.0. The van der Waals surface area contributed by atoms with Crippen LogP contribution in [0.5, 0.6) is 11.5 Å². The summed E-state index contributed by atoms with van der Waals surface area (Å²) in [6, 6.07) is 14.0. The van der Waals surface area contributed by atoms with Crippen LogP contribution in [0.4, 0.5) is 0 Å². The highest BCUT2D eigenvalue weighted by Gasteiger charge is 2.58. The number of rotatable bonds is 29. The molecule has 0 amide bonds. The highest BCUT2D eigenvalue weighted by atomic mass is 30.1. The van der Waals surface area contributed by atoms with Crippen molar-refractivity contribution in [2.75, 3.05) is 7.11 Å². The molecule has 0 aliphatic rings. The minimum Gasteiger partial charge on any atom is -0.496 e. The number of esters is 1. The molecule has 2 rings (SSSR count). The van der Waals surface area contributed by atoms with Gasteiger partial charge >= 0.3 is 145 Å². The van der Waals surface area contributed by atoms with Crippen molar-refractivity contribution in [1.82, 2.24) is 0 Å². The van der Waals surface area contributed by atoms with Gasteiger partial charge in [-0.2, -0.15) is 0 Å². The number of para-hydroxylation sites is 2. The summed E-state index contributed by atoms with van der Waals surface area (Å²) in [5, 5.41) is 0. The Morgan fingerprint density at radius 1 is 0.455 bits per heavy atom. The molecule has 344 valence electrons. The highest BCUT2D eigenvalue weighted by Crippen LogP contribution is 2.28. The van der Waals surface area contributed by atoms with Gasteiger partial charge in [0.25, 0.3) is 0 Å². The van der Waals surface area contributed by atoms with Crippen LogP contribution < -0.4 is 9.47 Å². The van der Waals surface area contributed by atoms with E-state index < -0.39 is 160 Å². The third kappa shape index (κ3) is 15.7. The molecule has 0 aliphatic carbocycles. The lowest BCUT2D eigenvalue weighted by molar-refractivity contribution is -0.131. The second kappa shape index (κ2) is 27.2. The van der Waals surface area contributed by atoms with Crippen molar-refractivity contribution in [3.63, 3.8) is 0 Å². The van der Waals surface area contributed by atoms with E-state index in [4.69, 9.17) is 9.47 Å². The first-order valence-electron chi connectivity index (χ1n) is 19.2. The maximum atomic E-state index is 13.8. The van der Waals surface area contributed by atoms with E-state index >= 15 is 0 Å². The third-order valence-corrected chi connectivity index (χ3v) is 181. The molecule has 2 aromatic rings. The predicted molar refractivity (Wildman–Crippen MR) is 248 cm³/mol. The van der Waals surface area contributed by atoms with E-state index in [1.54, 1.807) is 61.6 Å². The SMILES string of the molecule is COc1ccccc1CCC[Si](=O)[Si](=O)[Si](=O)[Si](=O)[Si](=O)[Si](=O)[Si](=O)[Si](=O)[Si](=O)[Si](=O)[Si](=O)[Si](=O)[Si](=O)[Si](=O)[Si](=O)[Si](=O)[Si](=O)[Si](=O)[Si](C)(C)[Si](C)(C)CCCc1ccccc1OC(C)=O. The zero-order valence-electron chi connectivity index (χ0n) is 35.9. The fourth-order valence-corrected chi connectivity index (χ4v) is 243. The van der Waals surface area contributed by atoms with E-state index in [9.17, 15) is 85.1 Å². The van der Waals surface area contributed by atoms with Crippen LogP contribution in [0.15, 0.2) is 48.5 Å². The third-order valence-electron chi connectivity index (χ3n) is 10.3. The summed E-state index contributed by atoms with van der Waals surface area (Å²) in [6.07, 6.45) is 1.50. The number of hydrogen-bond donors (Lipinski definition) is 0. The van der Waals surface area contributed by atoms with Crippen LogP contribution >= 0.6 is 0 Å². The van der Waals surface area contributed by atoms with Crippen molar-refractivity contribution in [2.24, 2.45) is 0 Å². The second-order valence-electron chi connectivity index (χ2n) is 15.2. The molecule has 0 saturated carbocycles. The van der Waals surface area contributed by atoms with E-state index in [0.717, 1.165) is 11.1 Å². The largest absolute Gasteiger partial charge is 0.496 e. The number of methoxy groups -OCH3 is 1. The number of carbonyl (C=O) groups is 1. The van der Waals surface area contributed by atoms with Crippen molar-refractivity contribution >= 4 is 160 Å². The summed E-state index contributed by atoms with van der Waals surface area (Å²) in [5.41, 5.74) is 1.46. The molecule has 0 spiro atoms. The highest BCUT2D eigenvalue weighted by molar-refractivity contribution is 7.84. The molecular weight excluding hydrogens is 1200 g/mol. The predicted octanol–water partition coefficient (Wildman–Crippen LogP) is -2.31. The minimum absolute atomic E-state index is 0.173. The first-order chi connectivity index (χ1) is 30.6. The molecular formula is C25H38O21Si20. The fraction of sp³-hybridized carbons (Fsp3) is 0.480. The molecule has 2 aromatic carbocycles. The zero-order valence-corrected chi connectivity index (χ0v) is 55.9. The maximum Gasteiger partial charge on any atom is 0.381 e. The lowest BCUT2D eigenvalue weighted by Gasteiger charge is -2.35. The molecule has 66 heavy (non-hydrogen) atoms. The summed E-state index contributed by atoms with van der Waals surface area (Å²) in [7, 11) is -77.7. The Morgan fingerprint density at radius 2 is 0.773 bits per heavy atom. The van der Waals surface area contributed by atoms with Gasteiger partial charge in [0, 0.05) is 14.5 Å². The second-order valence-corrected chi connectivity index (χ2v) is 122. The quantitative estimate of drug-likeness (QED) is 0.0469. The molecule has 0 aliphatic heterocycles. The number of hydrogen-bond acceptors (Lipinski definition) is 21. The summed E-state index contributed by atoms with van der Waals surface area (Å²) in [4.78, 5) is 11.5. The van der Waals surface area contributed by atoms with Gasteiger partial charge in [-0.15, -0.1) is 0 Å². The van der Waals surface area contributed by atoms with E-state index in [1.165, 1.54) is 14.0 Å². The molecule has 0 atom stereocenters. The van der Waals surface area contributed by atoms with Gasteiger partial charge in [0.15, 0.2) is 0 Å². The van der Waals surface area contributed by atoms with Crippen LogP contribution in [0, 0.1) is 0 Å². The monoisotopic (exact) mass is 1230 g/mol. The van der Waals surface area contributed by atoms with Gasteiger partial charge in [-0.1, -0.05) is 75.1 Å². The van der Waals surface area contributed by atoms with Gasteiger partial charge in [-0.25, -0.2) is 0 Å². The Bertz CT molecular complexity index is 2640. The van der Waals surface area contributed by atoms with Gasteiger partial charge in [-0.3, -0.25) is 4.79 Å². The molecule has 21 nitrogen and oxygen atoms in total. The van der Waals surface area contributed by atoms with Gasteiger partial charge in [0.05, 0.1) is 7.11 Å². The molecule has 0 fully saturated rings. The molecule has 0 unspecified atom stereocenters. The molecule has 0 bridgehead atoms. The van der Waals surface area contributed by atoms with Crippen molar-refractivity contribution < 1.29 is 94.6 Å². The van der Waals surface area contributed by atoms with E-state index in [0.29, 0.717) is 36.8 Å². The molecule has 41 heteroatoms. The number of ether oxygens (including phenoxy) is 2. The Labute approximate surface area is 400 Å². The average Bonchev–Trinajstić information content (AvgIpc) is 3.29. The van der Waals surface area contributed by atoms with E-state index in [-0.39, 0.29) is 12.5 Å². The van der Waals surface area contributed by atoms with Crippen LogP contribution in [-0.4, -0.2) is 167 Å². The van der Waals surface area contributed by atoms with E-state index in [1.807, 2.05) is 13.1 Å². The molecule has 0 N–H and O–H groups in total. The normalized spacial score (nSPS) is 10.9. The van der Waals surface area contributed by atoms with Crippen molar-refractivity contribution in [2.45, 2.75) is 70.9 Å². The van der Waals surface area contributed by atoms with Gasteiger partial charge in [0.1, 0.15) is 18.6 Å². The van der Waals surface area contributed by atoms with Gasteiger partial charge in [0.2, 0.25) is 0 Å². The lowest BCUT2D eigenvalue weighted by Crippen LogP contribution is -2.66. The van der Waals surface area contributed by atoms with Crippen molar-refractivity contribution in [3.05, 3.63) is 59.7 Å². The number of aryl methyl sites for hydroxylation is 2. The molecule has 0 saturated heterocycles. The maximum absolute atomic E-state index is 13.8. The van der Waals surface area contributed by atoms with Crippen molar-refractivity contribution in [3.8, 4) is 11.5 Å². The Hall–Kier alpha value is -1.55. The fourth-order valence-electron chi connectivity index (χ4n) is 5.72. The number of benzene rings is 2. The first kappa shape index (κ1) is 60.6. The van der Waals surface area contributed by atoms with Gasteiger partial charge < -0.3 is 89.8 Å². The summed E-state index contributed by atoms with van der Waals surface area (Å²) in [5.74, 6) is 0.389. The Balaban J connectivity index is 2.04. The topological polar surface area (TPSA) is 343 Å². The Kier molecular flexibility index (Phi) is 24.9. The van der Waals surface area contributed by atoms with Crippen molar-refractivity contribution in [1.29, 1.82) is 0 Å². The van der Waals surface area contributed by atoms with Gasteiger partial charge in [-0.05, 0) is 48.6 Å². The summed E-state index contributed by atoms with van der Waals surface area (Å²) in [6.45, 7) is 8.41. The average molecular weight is 1240 g/mol.